The highest BCUT2D eigenvalue weighted by Crippen LogP contribution is 2.34. The molecule has 0 fully saturated rings. The molecule has 0 unspecified atom stereocenters. The van der Waals surface area contributed by atoms with E-state index >= 15 is 0 Å². The number of rotatable bonds is 2. The molecule has 1 heterocycles. The first-order chi connectivity index (χ1) is 9.16. The monoisotopic (exact) mass is 272 g/mol. The Morgan fingerprint density at radius 1 is 1.11 bits per heavy atom. The normalized spacial score (nSPS) is 10.8. The van der Waals surface area contributed by atoms with Crippen LogP contribution in [0.2, 0.25) is 0 Å². The average molecular weight is 272 g/mol. The fourth-order valence-corrected chi connectivity index (χ4v) is 3.06. The van der Waals surface area contributed by atoms with Crippen molar-refractivity contribution in [3.63, 3.8) is 0 Å². The lowest BCUT2D eigenvalue weighted by atomic mass is 9.98. The molecule has 2 nitrogen and oxygen atoms in total. The SMILES string of the molecule is O=C(O)c1cc(F)ccc1-c1cccc2ccsc12. The Kier molecular flexibility index (Phi) is 2.80. The lowest BCUT2D eigenvalue weighted by Crippen LogP contribution is -2.00. The summed E-state index contributed by atoms with van der Waals surface area (Å²) in [4.78, 5) is 11.3. The van der Waals surface area contributed by atoms with E-state index in [0.29, 0.717) is 5.56 Å². The maximum atomic E-state index is 13.2. The largest absolute Gasteiger partial charge is 0.478 e. The van der Waals surface area contributed by atoms with Gasteiger partial charge in [-0.15, -0.1) is 11.3 Å². The minimum atomic E-state index is -1.12. The molecule has 3 aromatic rings. The summed E-state index contributed by atoms with van der Waals surface area (Å²) in [5, 5.41) is 12.2. The van der Waals surface area contributed by atoms with E-state index in [1.165, 1.54) is 12.1 Å². The second-order valence-corrected chi connectivity index (χ2v) is 5.06. The Bertz CT molecular complexity index is 777. The van der Waals surface area contributed by atoms with Gasteiger partial charge in [0.2, 0.25) is 0 Å². The van der Waals surface area contributed by atoms with E-state index in [1.54, 1.807) is 11.3 Å². The standard InChI is InChI=1S/C15H9FO2S/c16-10-4-5-11(13(8-10)15(17)18)12-3-1-2-9-6-7-19-14(9)12/h1-8H,(H,17,18). The molecule has 0 radical (unpaired) electrons. The number of thiophene rings is 1. The first-order valence-electron chi connectivity index (χ1n) is 5.66. The third-order valence-corrected chi connectivity index (χ3v) is 3.94. The molecule has 0 saturated carbocycles. The Morgan fingerprint density at radius 2 is 1.95 bits per heavy atom. The van der Waals surface area contributed by atoms with Crippen LogP contribution in [0.25, 0.3) is 21.2 Å². The van der Waals surface area contributed by atoms with Crippen LogP contribution in [0.5, 0.6) is 0 Å². The van der Waals surface area contributed by atoms with Gasteiger partial charge in [0, 0.05) is 10.3 Å². The molecule has 94 valence electrons. The van der Waals surface area contributed by atoms with E-state index in [1.807, 2.05) is 29.6 Å². The van der Waals surface area contributed by atoms with Crippen molar-refractivity contribution in [2.45, 2.75) is 0 Å². The van der Waals surface area contributed by atoms with Crippen LogP contribution >= 0.6 is 11.3 Å². The molecule has 1 N–H and O–H groups in total. The highest BCUT2D eigenvalue weighted by molar-refractivity contribution is 7.17. The number of hydrogen-bond acceptors (Lipinski definition) is 2. The predicted molar refractivity (Wildman–Crippen MR) is 74.2 cm³/mol. The molecule has 3 rings (SSSR count). The van der Waals surface area contributed by atoms with Crippen molar-refractivity contribution in [2.24, 2.45) is 0 Å². The van der Waals surface area contributed by atoms with Gasteiger partial charge in [-0.05, 0) is 34.5 Å². The lowest BCUT2D eigenvalue weighted by molar-refractivity contribution is 0.0697. The molecule has 19 heavy (non-hydrogen) atoms. The molecule has 2 aromatic carbocycles. The van der Waals surface area contributed by atoms with Gasteiger partial charge in [0.25, 0.3) is 0 Å². The number of fused-ring (bicyclic) bond motifs is 1. The number of carbonyl (C=O) groups is 1. The minimum Gasteiger partial charge on any atom is -0.478 e. The van der Waals surface area contributed by atoms with Crippen LogP contribution in [0.4, 0.5) is 4.39 Å². The van der Waals surface area contributed by atoms with Gasteiger partial charge in [-0.2, -0.15) is 0 Å². The number of carboxylic acid groups (broad SMARTS) is 1. The van der Waals surface area contributed by atoms with Crippen molar-refractivity contribution < 1.29 is 14.3 Å². The average Bonchev–Trinajstić information content (AvgIpc) is 2.86. The van der Waals surface area contributed by atoms with Crippen molar-refractivity contribution in [2.75, 3.05) is 0 Å². The third-order valence-electron chi connectivity index (χ3n) is 2.98. The molecule has 0 spiro atoms. The number of hydrogen-bond donors (Lipinski definition) is 1. The zero-order chi connectivity index (χ0) is 13.4. The van der Waals surface area contributed by atoms with Crippen LogP contribution < -0.4 is 0 Å². The summed E-state index contributed by atoms with van der Waals surface area (Å²) >= 11 is 1.55. The predicted octanol–water partition coefficient (Wildman–Crippen LogP) is 4.41. The molecule has 0 amide bonds. The molecule has 0 atom stereocenters. The first kappa shape index (κ1) is 11.9. The van der Waals surface area contributed by atoms with Crippen molar-refractivity contribution in [3.8, 4) is 11.1 Å². The maximum absolute atomic E-state index is 13.2. The molecule has 0 saturated heterocycles. The van der Waals surface area contributed by atoms with Crippen LogP contribution in [-0.2, 0) is 0 Å². The van der Waals surface area contributed by atoms with Crippen LogP contribution in [0.1, 0.15) is 10.4 Å². The fourth-order valence-electron chi connectivity index (χ4n) is 2.13. The molecule has 0 aliphatic heterocycles. The van der Waals surface area contributed by atoms with Crippen molar-refractivity contribution in [3.05, 3.63) is 59.2 Å². The van der Waals surface area contributed by atoms with Gasteiger partial charge in [0.05, 0.1) is 5.56 Å². The van der Waals surface area contributed by atoms with E-state index in [4.69, 9.17) is 0 Å². The number of carboxylic acids is 1. The second-order valence-electron chi connectivity index (χ2n) is 4.14. The van der Waals surface area contributed by atoms with E-state index in [2.05, 4.69) is 0 Å². The van der Waals surface area contributed by atoms with Gasteiger partial charge >= 0.3 is 5.97 Å². The van der Waals surface area contributed by atoms with Crippen LogP contribution in [0.15, 0.2) is 47.8 Å². The minimum absolute atomic E-state index is 0.0131. The summed E-state index contributed by atoms with van der Waals surface area (Å²) in [5.41, 5.74) is 1.35. The van der Waals surface area contributed by atoms with Gasteiger partial charge in [0.15, 0.2) is 0 Å². The second kappa shape index (κ2) is 4.48. The van der Waals surface area contributed by atoms with Crippen molar-refractivity contribution >= 4 is 27.4 Å². The molecule has 0 bridgehead atoms. The van der Waals surface area contributed by atoms with Crippen molar-refractivity contribution in [1.82, 2.24) is 0 Å². The van der Waals surface area contributed by atoms with Crippen LogP contribution in [0.3, 0.4) is 0 Å². The zero-order valence-electron chi connectivity index (χ0n) is 9.76. The molecule has 4 heteroatoms. The molecular weight excluding hydrogens is 263 g/mol. The number of aromatic carboxylic acids is 1. The fraction of sp³-hybridized carbons (Fsp3) is 0. The Balaban J connectivity index is 2.33. The maximum Gasteiger partial charge on any atom is 0.336 e. The molecule has 1 aromatic heterocycles. The Hall–Kier alpha value is -2.20. The topological polar surface area (TPSA) is 37.3 Å². The highest BCUT2D eigenvalue weighted by atomic mass is 32.1. The quantitative estimate of drug-likeness (QED) is 0.750. The van der Waals surface area contributed by atoms with E-state index in [9.17, 15) is 14.3 Å². The third kappa shape index (κ3) is 2.00. The highest BCUT2D eigenvalue weighted by Gasteiger charge is 2.15. The smallest absolute Gasteiger partial charge is 0.336 e. The van der Waals surface area contributed by atoms with E-state index in [0.717, 1.165) is 21.7 Å². The summed E-state index contributed by atoms with van der Waals surface area (Å²) in [6, 6.07) is 11.6. The van der Waals surface area contributed by atoms with Gasteiger partial charge in [-0.3, -0.25) is 0 Å². The van der Waals surface area contributed by atoms with Crippen LogP contribution in [-0.4, -0.2) is 11.1 Å². The van der Waals surface area contributed by atoms with Crippen molar-refractivity contribution in [1.29, 1.82) is 0 Å². The van der Waals surface area contributed by atoms with E-state index in [-0.39, 0.29) is 5.56 Å². The summed E-state index contributed by atoms with van der Waals surface area (Å²) in [5.74, 6) is -1.66. The summed E-state index contributed by atoms with van der Waals surface area (Å²) in [6.45, 7) is 0. The van der Waals surface area contributed by atoms with Gasteiger partial charge in [0.1, 0.15) is 5.82 Å². The Morgan fingerprint density at radius 3 is 2.74 bits per heavy atom. The summed E-state index contributed by atoms with van der Waals surface area (Å²) in [6.07, 6.45) is 0. The zero-order valence-corrected chi connectivity index (χ0v) is 10.6. The lowest BCUT2D eigenvalue weighted by Gasteiger charge is -2.07. The molecule has 0 aliphatic rings. The van der Waals surface area contributed by atoms with Gasteiger partial charge < -0.3 is 5.11 Å². The number of benzene rings is 2. The van der Waals surface area contributed by atoms with Crippen LogP contribution in [0, 0.1) is 5.82 Å². The Labute approximate surface area is 112 Å². The number of halogens is 1. The van der Waals surface area contributed by atoms with E-state index < -0.39 is 11.8 Å². The summed E-state index contributed by atoms with van der Waals surface area (Å²) in [7, 11) is 0. The first-order valence-corrected chi connectivity index (χ1v) is 6.54. The summed E-state index contributed by atoms with van der Waals surface area (Å²) < 4.78 is 14.2. The van der Waals surface area contributed by atoms with Gasteiger partial charge in [-0.25, -0.2) is 9.18 Å². The molecular formula is C15H9FO2S. The molecule has 0 aliphatic carbocycles. The van der Waals surface area contributed by atoms with Gasteiger partial charge in [-0.1, -0.05) is 24.3 Å².